The van der Waals surface area contributed by atoms with Crippen LogP contribution in [0.5, 0.6) is 0 Å². The molecule has 0 aliphatic heterocycles. The van der Waals surface area contributed by atoms with Gasteiger partial charge in [0, 0.05) is 30.5 Å². The maximum atomic E-state index is 11.9. The fourth-order valence-electron chi connectivity index (χ4n) is 2.02. The third-order valence-electron chi connectivity index (χ3n) is 3.30. The molecule has 0 saturated carbocycles. The Kier molecular flexibility index (Phi) is 5.68. The van der Waals surface area contributed by atoms with E-state index in [0.717, 1.165) is 11.3 Å². The fourth-order valence-corrected chi connectivity index (χ4v) is 2.02. The lowest BCUT2D eigenvalue weighted by Crippen LogP contribution is -2.30. The number of benzene rings is 1. The van der Waals surface area contributed by atoms with Gasteiger partial charge in [-0.3, -0.25) is 4.98 Å². The Morgan fingerprint density at radius 2 is 2.04 bits per heavy atom. The molecule has 1 aromatic carbocycles. The van der Waals surface area contributed by atoms with E-state index in [4.69, 9.17) is 0 Å². The van der Waals surface area contributed by atoms with E-state index in [-0.39, 0.29) is 6.03 Å². The zero-order valence-corrected chi connectivity index (χ0v) is 13.1. The van der Waals surface area contributed by atoms with Crippen molar-refractivity contribution in [2.24, 2.45) is 0 Å². The summed E-state index contributed by atoms with van der Waals surface area (Å²) >= 11 is 0. The summed E-state index contributed by atoms with van der Waals surface area (Å²) in [5.74, 6) is -0.441. The molecule has 0 atom stereocenters. The molecule has 0 unspecified atom stereocenters. The number of carbonyl (C=O) groups excluding carboxylic acids is 2. The second-order valence-corrected chi connectivity index (χ2v) is 4.97. The lowest BCUT2D eigenvalue weighted by molar-refractivity contribution is 0.0600. The van der Waals surface area contributed by atoms with Gasteiger partial charge in [0.25, 0.3) is 0 Å². The van der Waals surface area contributed by atoms with Crippen LogP contribution in [0.4, 0.5) is 10.5 Å². The highest BCUT2D eigenvalue weighted by Gasteiger charge is 2.10. The quantitative estimate of drug-likeness (QED) is 0.831. The van der Waals surface area contributed by atoms with E-state index in [2.05, 4.69) is 20.4 Å². The molecule has 0 radical (unpaired) electrons. The van der Waals surface area contributed by atoms with Crippen LogP contribution in [-0.2, 0) is 11.2 Å². The first-order valence-corrected chi connectivity index (χ1v) is 7.24. The van der Waals surface area contributed by atoms with E-state index < -0.39 is 5.97 Å². The van der Waals surface area contributed by atoms with Crippen LogP contribution in [0.25, 0.3) is 0 Å². The molecular weight excluding hydrogens is 294 g/mol. The number of nitrogens with one attached hydrogen (secondary N) is 2. The SMILES string of the molecule is COC(=O)c1ccc(C)c(NC(=O)NCCc2ccccn2)c1. The van der Waals surface area contributed by atoms with Gasteiger partial charge in [0.1, 0.15) is 0 Å². The van der Waals surface area contributed by atoms with Gasteiger partial charge in [-0.15, -0.1) is 0 Å². The number of nitrogens with zero attached hydrogens (tertiary/aromatic N) is 1. The largest absolute Gasteiger partial charge is 0.465 e. The number of carbonyl (C=O) groups is 2. The maximum absolute atomic E-state index is 11.9. The first-order valence-electron chi connectivity index (χ1n) is 7.24. The van der Waals surface area contributed by atoms with E-state index >= 15 is 0 Å². The smallest absolute Gasteiger partial charge is 0.337 e. The number of hydrogen-bond acceptors (Lipinski definition) is 4. The molecule has 6 nitrogen and oxygen atoms in total. The molecule has 0 spiro atoms. The van der Waals surface area contributed by atoms with Crippen LogP contribution in [0, 0.1) is 6.92 Å². The van der Waals surface area contributed by atoms with Crippen molar-refractivity contribution < 1.29 is 14.3 Å². The molecule has 0 saturated heterocycles. The van der Waals surface area contributed by atoms with Gasteiger partial charge < -0.3 is 15.4 Å². The van der Waals surface area contributed by atoms with Gasteiger partial charge in [0.15, 0.2) is 0 Å². The Labute approximate surface area is 134 Å². The third-order valence-corrected chi connectivity index (χ3v) is 3.30. The van der Waals surface area contributed by atoms with Gasteiger partial charge in [-0.05, 0) is 36.8 Å². The highest BCUT2D eigenvalue weighted by atomic mass is 16.5. The van der Waals surface area contributed by atoms with Crippen molar-refractivity contribution in [1.29, 1.82) is 0 Å². The van der Waals surface area contributed by atoms with Crippen molar-refractivity contribution in [3.05, 3.63) is 59.4 Å². The summed E-state index contributed by atoms with van der Waals surface area (Å²) in [6, 6.07) is 10.3. The highest BCUT2D eigenvalue weighted by Crippen LogP contribution is 2.17. The van der Waals surface area contributed by atoms with Gasteiger partial charge in [-0.1, -0.05) is 12.1 Å². The summed E-state index contributed by atoms with van der Waals surface area (Å²) in [5, 5.41) is 5.50. The molecular formula is C17H19N3O3. The fraction of sp³-hybridized carbons (Fsp3) is 0.235. The second kappa shape index (κ2) is 7.93. The van der Waals surface area contributed by atoms with Crippen LogP contribution in [0.3, 0.4) is 0 Å². The van der Waals surface area contributed by atoms with Crippen LogP contribution in [0.1, 0.15) is 21.6 Å². The van der Waals surface area contributed by atoms with Crippen molar-refractivity contribution in [1.82, 2.24) is 10.3 Å². The molecule has 1 aromatic heterocycles. The number of urea groups is 1. The number of rotatable bonds is 5. The predicted molar refractivity (Wildman–Crippen MR) is 87.5 cm³/mol. The number of aryl methyl sites for hydroxylation is 1. The Morgan fingerprint density at radius 1 is 1.22 bits per heavy atom. The summed E-state index contributed by atoms with van der Waals surface area (Å²) < 4.78 is 4.68. The average molecular weight is 313 g/mol. The predicted octanol–water partition coefficient (Wildman–Crippen LogP) is 2.54. The van der Waals surface area contributed by atoms with Gasteiger partial charge >= 0.3 is 12.0 Å². The number of anilines is 1. The Bertz CT molecular complexity index is 687. The zero-order valence-electron chi connectivity index (χ0n) is 13.1. The maximum Gasteiger partial charge on any atom is 0.337 e. The van der Waals surface area contributed by atoms with E-state index in [9.17, 15) is 9.59 Å². The number of pyridine rings is 1. The highest BCUT2D eigenvalue weighted by molar-refractivity contribution is 5.94. The molecule has 0 bridgehead atoms. The van der Waals surface area contributed by atoms with E-state index in [1.165, 1.54) is 7.11 Å². The lowest BCUT2D eigenvalue weighted by Gasteiger charge is -2.11. The second-order valence-electron chi connectivity index (χ2n) is 4.97. The van der Waals surface area contributed by atoms with Crippen LogP contribution < -0.4 is 10.6 Å². The number of aromatic nitrogens is 1. The molecule has 2 rings (SSSR count). The van der Waals surface area contributed by atoms with E-state index in [0.29, 0.717) is 24.2 Å². The van der Waals surface area contributed by atoms with Crippen molar-refractivity contribution in [2.75, 3.05) is 19.0 Å². The summed E-state index contributed by atoms with van der Waals surface area (Å²) in [5.41, 5.74) is 2.74. The minimum atomic E-state index is -0.441. The van der Waals surface area contributed by atoms with Crippen molar-refractivity contribution in [2.45, 2.75) is 13.3 Å². The summed E-state index contributed by atoms with van der Waals surface area (Å²) in [6.45, 7) is 2.32. The number of ether oxygens (including phenoxy) is 1. The molecule has 0 aliphatic rings. The van der Waals surface area contributed by atoms with Crippen molar-refractivity contribution in [3.8, 4) is 0 Å². The molecule has 1 heterocycles. The third kappa shape index (κ3) is 4.81. The Hall–Kier alpha value is -2.89. The summed E-state index contributed by atoms with van der Waals surface area (Å²) in [4.78, 5) is 27.7. The number of amides is 2. The monoisotopic (exact) mass is 313 g/mol. The number of methoxy groups -OCH3 is 1. The average Bonchev–Trinajstić information content (AvgIpc) is 2.57. The molecule has 23 heavy (non-hydrogen) atoms. The van der Waals surface area contributed by atoms with Crippen LogP contribution in [-0.4, -0.2) is 30.6 Å². The van der Waals surface area contributed by atoms with Crippen molar-refractivity contribution >= 4 is 17.7 Å². The first kappa shape index (κ1) is 16.5. The zero-order chi connectivity index (χ0) is 16.7. The number of esters is 1. The van der Waals surface area contributed by atoms with Crippen LogP contribution in [0.2, 0.25) is 0 Å². The van der Waals surface area contributed by atoms with E-state index in [1.807, 2.05) is 25.1 Å². The molecule has 2 amide bonds. The Balaban J connectivity index is 1.91. The lowest BCUT2D eigenvalue weighted by atomic mass is 10.1. The topological polar surface area (TPSA) is 80.3 Å². The molecule has 2 aromatic rings. The van der Waals surface area contributed by atoms with Crippen LogP contribution in [0.15, 0.2) is 42.6 Å². The summed E-state index contributed by atoms with van der Waals surface area (Å²) in [6.07, 6.45) is 2.37. The summed E-state index contributed by atoms with van der Waals surface area (Å²) in [7, 11) is 1.32. The molecule has 0 aliphatic carbocycles. The van der Waals surface area contributed by atoms with Crippen molar-refractivity contribution in [3.63, 3.8) is 0 Å². The Morgan fingerprint density at radius 3 is 2.74 bits per heavy atom. The molecule has 2 N–H and O–H groups in total. The van der Waals surface area contributed by atoms with Crippen LogP contribution >= 0.6 is 0 Å². The standard InChI is InChI=1S/C17H19N3O3/c1-12-6-7-13(16(21)23-2)11-15(12)20-17(22)19-10-8-14-5-3-4-9-18-14/h3-7,9,11H,8,10H2,1-2H3,(H2,19,20,22). The normalized spacial score (nSPS) is 10.0. The minimum absolute atomic E-state index is 0.328. The van der Waals surface area contributed by atoms with Gasteiger partial charge in [-0.25, -0.2) is 9.59 Å². The van der Waals surface area contributed by atoms with Gasteiger partial charge in [0.2, 0.25) is 0 Å². The first-order chi connectivity index (χ1) is 11.1. The molecule has 120 valence electrons. The minimum Gasteiger partial charge on any atom is -0.465 e. The number of hydrogen-bond donors (Lipinski definition) is 2. The van der Waals surface area contributed by atoms with Gasteiger partial charge in [0.05, 0.1) is 12.7 Å². The van der Waals surface area contributed by atoms with E-state index in [1.54, 1.807) is 24.4 Å². The molecule has 0 fully saturated rings. The molecule has 6 heteroatoms. The van der Waals surface area contributed by atoms with Gasteiger partial charge in [-0.2, -0.15) is 0 Å².